The topological polar surface area (TPSA) is 52.0 Å². The molecule has 1 aromatic heterocycles. The molecule has 0 spiro atoms. The van der Waals surface area contributed by atoms with E-state index in [4.69, 9.17) is 4.74 Å². The number of aromatic nitrogens is 3. The fourth-order valence-electron chi connectivity index (χ4n) is 1.64. The Morgan fingerprint density at radius 3 is 3.29 bits per heavy atom. The molecule has 0 radical (unpaired) electrons. The third-order valence-corrected chi connectivity index (χ3v) is 2.35. The first-order chi connectivity index (χ1) is 6.84. The number of nitrogens with one attached hydrogen (secondary N) is 1. The molecule has 1 N–H and O–H groups in total. The van der Waals surface area contributed by atoms with E-state index >= 15 is 0 Å². The monoisotopic (exact) mass is 196 g/mol. The molecule has 0 amide bonds. The van der Waals surface area contributed by atoms with Gasteiger partial charge in [0.05, 0.1) is 11.8 Å². The van der Waals surface area contributed by atoms with E-state index in [1.807, 2.05) is 13.2 Å². The summed E-state index contributed by atoms with van der Waals surface area (Å²) in [6, 6.07) is 0. The van der Waals surface area contributed by atoms with Gasteiger partial charge >= 0.3 is 0 Å². The summed E-state index contributed by atoms with van der Waals surface area (Å²) < 4.78 is 7.20. The average molecular weight is 196 g/mol. The molecule has 1 saturated heterocycles. The number of hydrogen-bond acceptors (Lipinski definition) is 4. The van der Waals surface area contributed by atoms with E-state index < -0.39 is 0 Å². The van der Waals surface area contributed by atoms with Gasteiger partial charge in [0.2, 0.25) is 0 Å². The molecule has 0 bridgehead atoms. The Kier molecular flexibility index (Phi) is 3.10. The van der Waals surface area contributed by atoms with Gasteiger partial charge in [-0.05, 0) is 12.8 Å². The van der Waals surface area contributed by atoms with Crippen molar-refractivity contribution in [3.63, 3.8) is 0 Å². The Balaban J connectivity index is 1.67. The predicted molar refractivity (Wildman–Crippen MR) is 51.7 cm³/mol. The van der Waals surface area contributed by atoms with Crippen LogP contribution in [0.4, 0.5) is 0 Å². The average Bonchev–Trinajstić information content (AvgIpc) is 2.77. The maximum Gasteiger partial charge on any atom is 0.0964 e. The second-order valence-corrected chi connectivity index (χ2v) is 3.65. The van der Waals surface area contributed by atoms with Crippen molar-refractivity contribution >= 4 is 0 Å². The first-order valence-electron chi connectivity index (χ1n) is 5.02. The SMILES string of the molecule is Cn1cc(CNCC2CCCO2)nn1. The van der Waals surface area contributed by atoms with E-state index in [1.165, 1.54) is 12.8 Å². The minimum absolute atomic E-state index is 0.395. The largest absolute Gasteiger partial charge is 0.377 e. The summed E-state index contributed by atoms with van der Waals surface area (Å²) in [7, 11) is 1.87. The zero-order valence-electron chi connectivity index (χ0n) is 8.44. The second kappa shape index (κ2) is 4.52. The third-order valence-electron chi connectivity index (χ3n) is 2.35. The van der Waals surface area contributed by atoms with Gasteiger partial charge in [-0.25, -0.2) is 0 Å². The normalized spacial score (nSPS) is 21.6. The van der Waals surface area contributed by atoms with Crippen molar-refractivity contribution in [3.05, 3.63) is 11.9 Å². The van der Waals surface area contributed by atoms with Crippen LogP contribution in [0.2, 0.25) is 0 Å². The van der Waals surface area contributed by atoms with Crippen LogP contribution in [0.5, 0.6) is 0 Å². The number of nitrogens with zero attached hydrogens (tertiary/aromatic N) is 3. The minimum Gasteiger partial charge on any atom is -0.377 e. The molecule has 1 aliphatic heterocycles. The highest BCUT2D eigenvalue weighted by Gasteiger charge is 2.14. The summed E-state index contributed by atoms with van der Waals surface area (Å²) in [5.41, 5.74) is 0.977. The summed E-state index contributed by atoms with van der Waals surface area (Å²) in [6.45, 7) is 2.60. The first kappa shape index (κ1) is 9.61. The van der Waals surface area contributed by atoms with E-state index in [-0.39, 0.29) is 0 Å². The van der Waals surface area contributed by atoms with Crippen LogP contribution in [0.3, 0.4) is 0 Å². The van der Waals surface area contributed by atoms with Gasteiger partial charge < -0.3 is 10.1 Å². The highest BCUT2D eigenvalue weighted by atomic mass is 16.5. The molecule has 2 rings (SSSR count). The van der Waals surface area contributed by atoms with Crippen LogP contribution in [0.25, 0.3) is 0 Å². The van der Waals surface area contributed by atoms with Gasteiger partial charge in [-0.1, -0.05) is 5.21 Å². The molecule has 1 aromatic rings. The van der Waals surface area contributed by atoms with E-state index in [2.05, 4.69) is 15.6 Å². The Bertz CT molecular complexity index is 280. The van der Waals surface area contributed by atoms with Crippen LogP contribution in [0, 0.1) is 0 Å². The maximum atomic E-state index is 5.49. The lowest BCUT2D eigenvalue weighted by Crippen LogP contribution is -2.25. The molecule has 1 fully saturated rings. The van der Waals surface area contributed by atoms with Gasteiger partial charge in [0.1, 0.15) is 0 Å². The molecule has 5 nitrogen and oxygen atoms in total. The summed E-state index contributed by atoms with van der Waals surface area (Å²) >= 11 is 0. The third kappa shape index (κ3) is 2.52. The van der Waals surface area contributed by atoms with Gasteiger partial charge in [0.25, 0.3) is 0 Å². The van der Waals surface area contributed by atoms with Crippen molar-refractivity contribution in [2.24, 2.45) is 7.05 Å². The van der Waals surface area contributed by atoms with Gasteiger partial charge in [-0.2, -0.15) is 0 Å². The number of aryl methyl sites for hydroxylation is 1. The van der Waals surface area contributed by atoms with Crippen LogP contribution in [-0.2, 0) is 18.3 Å². The van der Waals surface area contributed by atoms with Crippen LogP contribution in [0.15, 0.2) is 6.20 Å². The van der Waals surface area contributed by atoms with E-state index in [0.29, 0.717) is 6.10 Å². The van der Waals surface area contributed by atoms with E-state index in [9.17, 15) is 0 Å². The standard InChI is InChI=1S/C9H16N4O/c1-13-7-8(11-12-13)5-10-6-9-3-2-4-14-9/h7,9-10H,2-6H2,1H3. The van der Waals surface area contributed by atoms with Gasteiger partial charge in [-0.3, -0.25) is 4.68 Å². The van der Waals surface area contributed by atoms with Gasteiger partial charge in [-0.15, -0.1) is 5.10 Å². The fourth-order valence-corrected chi connectivity index (χ4v) is 1.64. The minimum atomic E-state index is 0.395. The molecule has 2 heterocycles. The molecular weight excluding hydrogens is 180 g/mol. The molecule has 1 aliphatic rings. The lowest BCUT2D eigenvalue weighted by Gasteiger charge is -2.08. The van der Waals surface area contributed by atoms with Crippen LogP contribution < -0.4 is 5.32 Å². The highest BCUT2D eigenvalue weighted by Crippen LogP contribution is 2.10. The van der Waals surface area contributed by atoms with Crippen molar-refractivity contribution in [2.75, 3.05) is 13.2 Å². The zero-order valence-corrected chi connectivity index (χ0v) is 8.44. The Morgan fingerprint density at radius 2 is 2.64 bits per heavy atom. The molecule has 0 aliphatic carbocycles. The van der Waals surface area contributed by atoms with E-state index in [1.54, 1.807) is 4.68 Å². The highest BCUT2D eigenvalue weighted by molar-refractivity contribution is 4.90. The first-order valence-corrected chi connectivity index (χ1v) is 5.02. The molecule has 1 atom stereocenters. The second-order valence-electron chi connectivity index (χ2n) is 3.65. The van der Waals surface area contributed by atoms with Crippen molar-refractivity contribution in [1.29, 1.82) is 0 Å². The number of rotatable bonds is 4. The molecule has 78 valence electrons. The van der Waals surface area contributed by atoms with Gasteiger partial charge in [0.15, 0.2) is 0 Å². The van der Waals surface area contributed by atoms with Crippen LogP contribution in [-0.4, -0.2) is 34.2 Å². The summed E-state index contributed by atoms with van der Waals surface area (Å²) in [4.78, 5) is 0. The summed E-state index contributed by atoms with van der Waals surface area (Å²) in [5, 5.41) is 11.2. The van der Waals surface area contributed by atoms with Crippen molar-refractivity contribution in [3.8, 4) is 0 Å². The van der Waals surface area contributed by atoms with Gasteiger partial charge in [0, 0.05) is 32.9 Å². The lowest BCUT2D eigenvalue weighted by atomic mass is 10.2. The Hall–Kier alpha value is -0.940. The molecule has 5 heteroatoms. The Labute approximate surface area is 83.4 Å². The van der Waals surface area contributed by atoms with E-state index in [0.717, 1.165) is 25.4 Å². The molecule has 0 aromatic carbocycles. The van der Waals surface area contributed by atoms with Crippen molar-refractivity contribution in [1.82, 2.24) is 20.3 Å². The maximum absolute atomic E-state index is 5.49. The smallest absolute Gasteiger partial charge is 0.0964 e. The number of hydrogen-bond donors (Lipinski definition) is 1. The Morgan fingerprint density at radius 1 is 1.71 bits per heavy atom. The molecule has 0 saturated carbocycles. The van der Waals surface area contributed by atoms with Crippen LogP contribution >= 0.6 is 0 Å². The van der Waals surface area contributed by atoms with Crippen LogP contribution in [0.1, 0.15) is 18.5 Å². The van der Waals surface area contributed by atoms with Crippen molar-refractivity contribution < 1.29 is 4.74 Å². The molecule has 14 heavy (non-hydrogen) atoms. The predicted octanol–water partition coefficient (Wildman–Crippen LogP) is 0.0837. The summed E-state index contributed by atoms with van der Waals surface area (Å²) in [6.07, 6.45) is 4.68. The quantitative estimate of drug-likeness (QED) is 0.741. The molecular formula is C9H16N4O. The summed E-state index contributed by atoms with van der Waals surface area (Å²) in [5.74, 6) is 0. The lowest BCUT2D eigenvalue weighted by molar-refractivity contribution is 0.110. The fraction of sp³-hybridized carbons (Fsp3) is 0.778. The number of ether oxygens (including phenoxy) is 1. The zero-order chi connectivity index (χ0) is 9.80. The molecule has 1 unspecified atom stereocenters. The van der Waals surface area contributed by atoms with Crippen molar-refractivity contribution in [2.45, 2.75) is 25.5 Å².